The summed E-state index contributed by atoms with van der Waals surface area (Å²) in [7, 11) is 0. The lowest BCUT2D eigenvalue weighted by molar-refractivity contribution is -0.152. The van der Waals surface area contributed by atoms with Gasteiger partial charge in [0.15, 0.2) is 6.10 Å². The van der Waals surface area contributed by atoms with Crippen LogP contribution in [0.2, 0.25) is 0 Å². The largest absolute Gasteiger partial charge is 0.452 e. The van der Waals surface area contributed by atoms with Crippen molar-refractivity contribution in [3.63, 3.8) is 0 Å². The van der Waals surface area contributed by atoms with Crippen LogP contribution in [0.1, 0.15) is 12.5 Å². The molecule has 0 aliphatic carbocycles. The second-order valence-corrected chi connectivity index (χ2v) is 6.30. The van der Waals surface area contributed by atoms with Crippen LogP contribution in [0.4, 0.5) is 10.1 Å². The third-order valence-corrected chi connectivity index (χ3v) is 4.24. The average molecular weight is 377 g/mol. The maximum atomic E-state index is 13.7. The van der Waals surface area contributed by atoms with Gasteiger partial charge in [0.05, 0.1) is 6.42 Å². The average Bonchev–Trinajstić information content (AvgIpc) is 2.70. The Labute approximate surface area is 163 Å². The van der Waals surface area contributed by atoms with Gasteiger partial charge in [-0.3, -0.25) is 9.59 Å². The first-order valence-electron chi connectivity index (χ1n) is 8.93. The van der Waals surface area contributed by atoms with E-state index < -0.39 is 23.8 Å². The maximum Gasteiger partial charge on any atom is 0.311 e. The SMILES string of the molecule is C[C@H](OC(=O)Cc1ccccc1F)C(=O)Nc1ccccc1-c1ccccc1. The van der Waals surface area contributed by atoms with Crippen LogP contribution in [-0.4, -0.2) is 18.0 Å². The Morgan fingerprint density at radius 3 is 2.32 bits per heavy atom. The Morgan fingerprint density at radius 2 is 1.57 bits per heavy atom. The number of carbonyl (C=O) groups excluding carboxylic acids is 2. The Kier molecular flexibility index (Phi) is 6.17. The van der Waals surface area contributed by atoms with Crippen LogP contribution in [0.5, 0.6) is 0 Å². The van der Waals surface area contributed by atoms with E-state index in [2.05, 4.69) is 5.32 Å². The number of esters is 1. The zero-order valence-electron chi connectivity index (χ0n) is 15.4. The summed E-state index contributed by atoms with van der Waals surface area (Å²) in [6.45, 7) is 1.49. The van der Waals surface area contributed by atoms with Crippen molar-refractivity contribution in [1.29, 1.82) is 0 Å². The molecule has 3 rings (SSSR count). The second kappa shape index (κ2) is 8.95. The van der Waals surface area contributed by atoms with Crippen LogP contribution in [0.15, 0.2) is 78.9 Å². The Morgan fingerprint density at radius 1 is 0.929 bits per heavy atom. The van der Waals surface area contributed by atoms with E-state index in [4.69, 9.17) is 4.74 Å². The fraction of sp³-hybridized carbons (Fsp3) is 0.130. The van der Waals surface area contributed by atoms with E-state index in [0.717, 1.165) is 11.1 Å². The van der Waals surface area contributed by atoms with Crippen molar-refractivity contribution < 1.29 is 18.7 Å². The predicted octanol–water partition coefficient (Wildman–Crippen LogP) is 4.61. The standard InChI is InChI=1S/C23H20FNO3/c1-16(28-22(26)15-18-11-5-7-13-20(18)24)23(27)25-21-14-8-6-12-19(21)17-9-3-2-4-10-17/h2-14,16H,15H2,1H3,(H,25,27)/t16-/m0/s1. The predicted molar refractivity (Wildman–Crippen MR) is 106 cm³/mol. The molecule has 3 aromatic carbocycles. The van der Waals surface area contributed by atoms with Crippen molar-refractivity contribution in [2.45, 2.75) is 19.4 Å². The van der Waals surface area contributed by atoms with Crippen LogP contribution < -0.4 is 5.32 Å². The van der Waals surface area contributed by atoms with Crippen molar-refractivity contribution in [2.24, 2.45) is 0 Å². The van der Waals surface area contributed by atoms with Gasteiger partial charge in [-0.1, -0.05) is 66.7 Å². The van der Waals surface area contributed by atoms with Gasteiger partial charge in [-0.2, -0.15) is 0 Å². The highest BCUT2D eigenvalue weighted by Crippen LogP contribution is 2.27. The number of para-hydroxylation sites is 1. The quantitative estimate of drug-likeness (QED) is 0.639. The molecule has 1 atom stereocenters. The molecular formula is C23H20FNO3. The second-order valence-electron chi connectivity index (χ2n) is 6.30. The van der Waals surface area contributed by atoms with Crippen molar-refractivity contribution in [2.75, 3.05) is 5.32 Å². The van der Waals surface area contributed by atoms with Crippen LogP contribution in [0, 0.1) is 5.82 Å². The molecule has 0 fully saturated rings. The molecule has 0 unspecified atom stereocenters. The van der Waals surface area contributed by atoms with Gasteiger partial charge in [0.25, 0.3) is 5.91 Å². The summed E-state index contributed by atoms with van der Waals surface area (Å²) >= 11 is 0. The van der Waals surface area contributed by atoms with Gasteiger partial charge in [-0.15, -0.1) is 0 Å². The van der Waals surface area contributed by atoms with Crippen molar-refractivity contribution in [3.8, 4) is 11.1 Å². The molecule has 1 N–H and O–H groups in total. The summed E-state index contributed by atoms with van der Waals surface area (Å²) < 4.78 is 18.8. The molecule has 0 saturated carbocycles. The third kappa shape index (κ3) is 4.82. The summed E-state index contributed by atoms with van der Waals surface area (Å²) in [4.78, 5) is 24.5. The first-order chi connectivity index (χ1) is 13.5. The lowest BCUT2D eigenvalue weighted by Crippen LogP contribution is -2.30. The number of halogens is 1. The molecule has 28 heavy (non-hydrogen) atoms. The molecular weight excluding hydrogens is 357 g/mol. The molecule has 1 amide bonds. The van der Waals surface area contributed by atoms with E-state index in [9.17, 15) is 14.0 Å². The minimum atomic E-state index is -1.01. The van der Waals surface area contributed by atoms with E-state index in [0.29, 0.717) is 5.69 Å². The number of nitrogens with one attached hydrogen (secondary N) is 1. The number of anilines is 1. The molecule has 0 heterocycles. The van der Waals surface area contributed by atoms with Crippen LogP contribution in [0.3, 0.4) is 0 Å². The number of amides is 1. The molecule has 0 aliphatic heterocycles. The van der Waals surface area contributed by atoms with Gasteiger partial charge in [-0.25, -0.2) is 4.39 Å². The molecule has 0 aliphatic rings. The molecule has 0 bridgehead atoms. The van der Waals surface area contributed by atoms with Gasteiger partial charge in [0.2, 0.25) is 0 Å². The topological polar surface area (TPSA) is 55.4 Å². The first-order valence-corrected chi connectivity index (χ1v) is 8.93. The minimum absolute atomic E-state index is 0.231. The summed E-state index contributed by atoms with van der Waals surface area (Å²) in [5, 5.41) is 2.80. The Hall–Kier alpha value is -3.47. The third-order valence-electron chi connectivity index (χ3n) is 4.24. The minimum Gasteiger partial charge on any atom is -0.452 e. The highest BCUT2D eigenvalue weighted by molar-refractivity contribution is 5.98. The lowest BCUT2D eigenvalue weighted by Gasteiger charge is -2.16. The molecule has 3 aromatic rings. The monoisotopic (exact) mass is 377 g/mol. The summed E-state index contributed by atoms with van der Waals surface area (Å²) in [6.07, 6.45) is -1.24. The normalized spacial score (nSPS) is 11.5. The fourth-order valence-electron chi connectivity index (χ4n) is 2.79. The van der Waals surface area contributed by atoms with E-state index in [1.165, 1.54) is 19.1 Å². The number of carbonyl (C=O) groups is 2. The molecule has 0 saturated heterocycles. The Balaban J connectivity index is 1.65. The number of hydrogen-bond donors (Lipinski definition) is 1. The summed E-state index contributed by atoms with van der Waals surface area (Å²) in [5.41, 5.74) is 2.68. The van der Waals surface area contributed by atoms with E-state index in [-0.39, 0.29) is 12.0 Å². The first kappa shape index (κ1) is 19.3. The van der Waals surface area contributed by atoms with Gasteiger partial charge in [-0.05, 0) is 30.2 Å². The number of rotatable bonds is 6. The van der Waals surface area contributed by atoms with Crippen LogP contribution in [0.25, 0.3) is 11.1 Å². The Bertz CT molecular complexity index is 972. The van der Waals surface area contributed by atoms with E-state index >= 15 is 0 Å². The van der Waals surface area contributed by atoms with Crippen molar-refractivity contribution in [1.82, 2.24) is 0 Å². The van der Waals surface area contributed by atoms with Gasteiger partial charge >= 0.3 is 5.97 Å². The smallest absolute Gasteiger partial charge is 0.311 e. The lowest BCUT2D eigenvalue weighted by atomic mass is 10.0. The highest BCUT2D eigenvalue weighted by atomic mass is 19.1. The van der Waals surface area contributed by atoms with E-state index in [1.807, 2.05) is 48.5 Å². The molecule has 5 heteroatoms. The molecule has 0 radical (unpaired) electrons. The zero-order valence-corrected chi connectivity index (χ0v) is 15.4. The number of hydrogen-bond acceptors (Lipinski definition) is 3. The highest BCUT2D eigenvalue weighted by Gasteiger charge is 2.20. The molecule has 142 valence electrons. The molecule has 0 aromatic heterocycles. The molecule has 0 spiro atoms. The van der Waals surface area contributed by atoms with Gasteiger partial charge in [0, 0.05) is 11.3 Å². The van der Waals surface area contributed by atoms with Crippen molar-refractivity contribution in [3.05, 3.63) is 90.2 Å². The van der Waals surface area contributed by atoms with Crippen molar-refractivity contribution >= 4 is 17.6 Å². The summed E-state index contributed by atoms with van der Waals surface area (Å²) in [6, 6.07) is 23.0. The maximum absolute atomic E-state index is 13.7. The van der Waals surface area contributed by atoms with Crippen LogP contribution in [-0.2, 0) is 20.7 Å². The van der Waals surface area contributed by atoms with Crippen LogP contribution >= 0.6 is 0 Å². The van der Waals surface area contributed by atoms with Gasteiger partial charge in [0.1, 0.15) is 5.82 Å². The van der Waals surface area contributed by atoms with E-state index in [1.54, 1.807) is 18.2 Å². The fourth-order valence-corrected chi connectivity index (χ4v) is 2.79. The zero-order chi connectivity index (χ0) is 19.9. The summed E-state index contributed by atoms with van der Waals surface area (Å²) in [5.74, 6) is -1.59. The molecule has 4 nitrogen and oxygen atoms in total. The number of ether oxygens (including phenoxy) is 1. The van der Waals surface area contributed by atoms with Gasteiger partial charge < -0.3 is 10.1 Å². The number of benzene rings is 3.